The summed E-state index contributed by atoms with van der Waals surface area (Å²) in [6, 6.07) is 4.24. The highest BCUT2D eigenvalue weighted by molar-refractivity contribution is 7.15. The zero-order chi connectivity index (χ0) is 22.9. The van der Waals surface area contributed by atoms with Crippen LogP contribution in [0.4, 0.5) is 0 Å². The highest BCUT2D eigenvalue weighted by atomic mass is 32.1. The Labute approximate surface area is 200 Å². The van der Waals surface area contributed by atoms with E-state index in [2.05, 4.69) is 56.8 Å². The Bertz CT molecular complexity index is 1200. The molecule has 1 saturated carbocycles. The largest absolute Gasteiger partial charge is 0.492 e. The fourth-order valence-electron chi connectivity index (χ4n) is 6.33. The molecule has 1 saturated heterocycles. The Kier molecular flexibility index (Phi) is 4.97. The molecule has 2 aromatic heterocycles. The molecule has 2 atom stereocenters. The number of likely N-dealkylation sites (tertiary alicyclic amines) is 1. The van der Waals surface area contributed by atoms with Gasteiger partial charge >= 0.3 is 0 Å². The smallest absolute Gasteiger partial charge is 0.268 e. The number of ether oxygens (including phenoxy) is 1. The summed E-state index contributed by atoms with van der Waals surface area (Å²) in [6.07, 6.45) is 3.77. The molecule has 0 N–H and O–H groups in total. The van der Waals surface area contributed by atoms with Gasteiger partial charge in [0.25, 0.3) is 5.89 Å². The zero-order valence-electron chi connectivity index (χ0n) is 20.3. The third-order valence-electron chi connectivity index (χ3n) is 8.21. The summed E-state index contributed by atoms with van der Waals surface area (Å²) < 4.78 is 12.0. The molecule has 2 aliphatic carbocycles. The minimum atomic E-state index is 0.448. The molecule has 0 spiro atoms. The standard InChI is InChI=1S/C27H33N3O2S/c1-15-12-18(13-16(2)23(15)31-11-10-30-8-6-7-9-30)25-28-26(32-29-25)24-19-14-20-22(27(20,4)5)21(19)17(3)33-24/h12-13,20,22H,6-11,14H2,1-5H3/t20-,22-/m1/s1. The monoisotopic (exact) mass is 463 g/mol. The molecular formula is C27H33N3O2S. The molecular weight excluding hydrogens is 430 g/mol. The van der Waals surface area contributed by atoms with Crippen molar-refractivity contribution in [3.63, 3.8) is 0 Å². The van der Waals surface area contributed by atoms with Gasteiger partial charge in [-0.15, -0.1) is 11.3 Å². The molecule has 33 heavy (non-hydrogen) atoms. The van der Waals surface area contributed by atoms with Gasteiger partial charge < -0.3 is 9.26 Å². The van der Waals surface area contributed by atoms with E-state index in [-0.39, 0.29) is 0 Å². The summed E-state index contributed by atoms with van der Waals surface area (Å²) in [5.74, 6) is 3.79. The summed E-state index contributed by atoms with van der Waals surface area (Å²) in [4.78, 5) is 9.91. The molecule has 3 aromatic rings. The number of rotatable bonds is 6. The maximum absolute atomic E-state index is 6.17. The Morgan fingerprint density at radius 2 is 1.88 bits per heavy atom. The molecule has 0 amide bonds. The van der Waals surface area contributed by atoms with Crippen LogP contribution in [0.2, 0.25) is 0 Å². The quantitative estimate of drug-likeness (QED) is 0.438. The molecule has 174 valence electrons. The fraction of sp³-hybridized carbons (Fsp3) is 0.556. The van der Waals surface area contributed by atoms with E-state index in [9.17, 15) is 0 Å². The van der Waals surface area contributed by atoms with Crippen molar-refractivity contribution in [2.75, 3.05) is 26.2 Å². The molecule has 5 nitrogen and oxygen atoms in total. The predicted octanol–water partition coefficient (Wildman–Crippen LogP) is 6.16. The van der Waals surface area contributed by atoms with Crippen molar-refractivity contribution < 1.29 is 9.26 Å². The Balaban J connectivity index is 1.22. The molecule has 1 aliphatic heterocycles. The molecule has 1 aromatic carbocycles. The predicted molar refractivity (Wildman–Crippen MR) is 132 cm³/mol. The number of fused-ring (bicyclic) bond motifs is 3. The van der Waals surface area contributed by atoms with E-state index >= 15 is 0 Å². The molecule has 3 aliphatic rings. The van der Waals surface area contributed by atoms with Gasteiger partial charge in [-0.25, -0.2) is 0 Å². The van der Waals surface area contributed by atoms with Crippen LogP contribution in [0.1, 0.15) is 59.7 Å². The number of hydrogen-bond donors (Lipinski definition) is 0. The average molecular weight is 464 g/mol. The molecule has 2 fully saturated rings. The van der Waals surface area contributed by atoms with Gasteiger partial charge in [-0.1, -0.05) is 19.0 Å². The van der Waals surface area contributed by atoms with Gasteiger partial charge in [0.05, 0.1) is 4.88 Å². The number of hydrogen-bond acceptors (Lipinski definition) is 6. The van der Waals surface area contributed by atoms with Gasteiger partial charge in [0.2, 0.25) is 5.82 Å². The lowest BCUT2D eigenvalue weighted by Crippen LogP contribution is -2.25. The van der Waals surface area contributed by atoms with Gasteiger partial charge in [0.1, 0.15) is 12.4 Å². The summed E-state index contributed by atoms with van der Waals surface area (Å²) in [5, 5.41) is 4.36. The van der Waals surface area contributed by atoms with E-state index in [0.29, 0.717) is 23.0 Å². The number of aromatic nitrogens is 2. The fourth-order valence-corrected chi connectivity index (χ4v) is 7.48. The van der Waals surface area contributed by atoms with Crippen molar-refractivity contribution in [1.29, 1.82) is 0 Å². The molecule has 3 heterocycles. The number of nitrogens with zero attached hydrogens (tertiary/aromatic N) is 3. The maximum atomic E-state index is 6.17. The first-order valence-corrected chi connectivity index (χ1v) is 13.1. The van der Waals surface area contributed by atoms with Gasteiger partial charge in [-0.3, -0.25) is 4.90 Å². The van der Waals surface area contributed by atoms with Crippen molar-refractivity contribution in [3.05, 3.63) is 39.3 Å². The van der Waals surface area contributed by atoms with Crippen LogP contribution < -0.4 is 4.74 Å². The molecule has 0 unspecified atom stereocenters. The van der Waals surface area contributed by atoms with Crippen molar-refractivity contribution in [1.82, 2.24) is 15.0 Å². The Morgan fingerprint density at radius 1 is 1.15 bits per heavy atom. The van der Waals surface area contributed by atoms with Gasteiger partial charge in [0, 0.05) is 17.0 Å². The van der Waals surface area contributed by atoms with Crippen LogP contribution in [-0.4, -0.2) is 41.3 Å². The SMILES string of the molecule is Cc1cc(-c2noc(-c3sc(C)c4c3C[C@@H]3[C@H]4C3(C)C)n2)cc(C)c1OCCN1CCCC1. The lowest BCUT2D eigenvalue weighted by molar-refractivity contribution is 0.236. The number of aryl methyl sites for hydroxylation is 3. The topological polar surface area (TPSA) is 51.4 Å². The summed E-state index contributed by atoms with van der Waals surface area (Å²) in [7, 11) is 0. The van der Waals surface area contributed by atoms with E-state index < -0.39 is 0 Å². The van der Waals surface area contributed by atoms with E-state index in [1.165, 1.54) is 41.2 Å². The lowest BCUT2D eigenvalue weighted by atomic mass is 9.95. The normalized spacial score (nSPS) is 23.1. The zero-order valence-corrected chi connectivity index (χ0v) is 21.1. The molecule has 6 rings (SSSR count). The summed E-state index contributed by atoms with van der Waals surface area (Å²) in [5.41, 5.74) is 6.69. The van der Waals surface area contributed by atoms with Crippen LogP contribution in [-0.2, 0) is 6.42 Å². The second-order valence-electron chi connectivity index (χ2n) is 10.7. The maximum Gasteiger partial charge on any atom is 0.268 e. The van der Waals surface area contributed by atoms with Crippen molar-refractivity contribution in [3.8, 4) is 27.9 Å². The second-order valence-corrected chi connectivity index (χ2v) is 12.0. The average Bonchev–Trinajstić information content (AvgIpc) is 3.41. The minimum Gasteiger partial charge on any atom is -0.492 e. The Hall–Kier alpha value is -2.18. The van der Waals surface area contributed by atoms with E-state index in [4.69, 9.17) is 14.2 Å². The van der Waals surface area contributed by atoms with Crippen LogP contribution in [0.25, 0.3) is 22.2 Å². The third kappa shape index (κ3) is 3.45. The summed E-state index contributed by atoms with van der Waals surface area (Å²) >= 11 is 1.82. The molecule has 0 bridgehead atoms. The summed E-state index contributed by atoms with van der Waals surface area (Å²) in [6.45, 7) is 15.4. The lowest BCUT2D eigenvalue weighted by Gasteiger charge is -2.17. The molecule has 6 heteroatoms. The first-order chi connectivity index (χ1) is 15.8. The highest BCUT2D eigenvalue weighted by Gasteiger charge is 2.63. The second kappa shape index (κ2) is 7.67. The van der Waals surface area contributed by atoms with Crippen molar-refractivity contribution >= 4 is 11.3 Å². The highest BCUT2D eigenvalue weighted by Crippen LogP contribution is 2.72. The van der Waals surface area contributed by atoms with Crippen LogP contribution >= 0.6 is 11.3 Å². The van der Waals surface area contributed by atoms with Crippen LogP contribution in [0.5, 0.6) is 5.75 Å². The van der Waals surface area contributed by atoms with Crippen LogP contribution in [0.3, 0.4) is 0 Å². The number of benzene rings is 1. The Morgan fingerprint density at radius 3 is 2.61 bits per heavy atom. The first kappa shape index (κ1) is 21.4. The van der Waals surface area contributed by atoms with Gasteiger partial charge in [-0.2, -0.15) is 4.98 Å². The molecule has 0 radical (unpaired) electrons. The van der Waals surface area contributed by atoms with Crippen LogP contribution in [0.15, 0.2) is 16.7 Å². The number of thiophene rings is 1. The van der Waals surface area contributed by atoms with Gasteiger partial charge in [0.15, 0.2) is 0 Å². The van der Waals surface area contributed by atoms with E-state index in [0.717, 1.165) is 47.9 Å². The van der Waals surface area contributed by atoms with E-state index in [1.54, 1.807) is 5.56 Å². The van der Waals surface area contributed by atoms with Gasteiger partial charge in [-0.05, 0) is 105 Å². The van der Waals surface area contributed by atoms with Crippen molar-refractivity contribution in [2.45, 2.75) is 59.8 Å². The van der Waals surface area contributed by atoms with E-state index in [1.807, 2.05) is 11.3 Å². The first-order valence-electron chi connectivity index (χ1n) is 12.3. The minimum absolute atomic E-state index is 0.448. The van der Waals surface area contributed by atoms with Crippen LogP contribution in [0, 0.1) is 32.1 Å². The van der Waals surface area contributed by atoms with Crippen molar-refractivity contribution in [2.24, 2.45) is 11.3 Å². The third-order valence-corrected chi connectivity index (χ3v) is 9.36.